The highest BCUT2D eigenvalue weighted by Gasteiger charge is 2.24. The van der Waals surface area contributed by atoms with Gasteiger partial charge in [0.1, 0.15) is 15.7 Å². The van der Waals surface area contributed by atoms with E-state index < -0.39 is 16.1 Å². The SMILES string of the molecule is COc1ccc(S(=O)(=O)NC(C)c2ccc(C)cc2)c(Cl)c1Cl. The minimum absolute atomic E-state index is 0.0605. The van der Waals surface area contributed by atoms with Crippen LogP contribution in [0.4, 0.5) is 0 Å². The van der Waals surface area contributed by atoms with E-state index in [0.717, 1.165) is 11.1 Å². The highest BCUT2D eigenvalue weighted by atomic mass is 35.5. The van der Waals surface area contributed by atoms with Crippen LogP contribution in [0.3, 0.4) is 0 Å². The largest absolute Gasteiger partial charge is 0.495 e. The van der Waals surface area contributed by atoms with Crippen LogP contribution in [0.2, 0.25) is 10.0 Å². The molecule has 0 heterocycles. The smallest absolute Gasteiger partial charge is 0.242 e. The van der Waals surface area contributed by atoms with Crippen molar-refractivity contribution in [1.82, 2.24) is 4.72 Å². The van der Waals surface area contributed by atoms with Crippen LogP contribution in [0.1, 0.15) is 24.1 Å². The van der Waals surface area contributed by atoms with Gasteiger partial charge in [-0.3, -0.25) is 0 Å². The predicted molar refractivity (Wildman–Crippen MR) is 92.9 cm³/mol. The number of halogens is 2. The van der Waals surface area contributed by atoms with Gasteiger partial charge < -0.3 is 4.74 Å². The summed E-state index contributed by atoms with van der Waals surface area (Å²) in [4.78, 5) is -0.0797. The second kappa shape index (κ2) is 7.09. The fourth-order valence-electron chi connectivity index (χ4n) is 2.10. The summed E-state index contributed by atoms with van der Waals surface area (Å²) in [7, 11) is -2.38. The molecule has 0 aliphatic rings. The third-order valence-corrected chi connectivity index (χ3v) is 5.99. The summed E-state index contributed by atoms with van der Waals surface area (Å²) in [5.74, 6) is 0.321. The summed E-state index contributed by atoms with van der Waals surface area (Å²) in [5.41, 5.74) is 1.96. The maximum atomic E-state index is 12.6. The standard InChI is InChI=1S/C16H17Cl2NO3S/c1-10-4-6-12(7-5-10)11(2)19-23(20,21)14-9-8-13(22-3)15(17)16(14)18/h4-9,11,19H,1-3H3. The van der Waals surface area contributed by atoms with Crippen molar-refractivity contribution >= 4 is 33.2 Å². The molecular weight excluding hydrogens is 357 g/mol. The van der Waals surface area contributed by atoms with Crippen LogP contribution < -0.4 is 9.46 Å². The zero-order valence-electron chi connectivity index (χ0n) is 12.9. The zero-order chi connectivity index (χ0) is 17.2. The molecule has 124 valence electrons. The van der Waals surface area contributed by atoms with E-state index in [1.54, 1.807) is 6.92 Å². The van der Waals surface area contributed by atoms with E-state index in [0.29, 0.717) is 5.75 Å². The van der Waals surface area contributed by atoms with Crippen molar-refractivity contribution in [2.45, 2.75) is 24.8 Å². The summed E-state index contributed by atoms with van der Waals surface area (Å²) in [6, 6.07) is 10.1. The van der Waals surface area contributed by atoms with Crippen molar-refractivity contribution in [2.24, 2.45) is 0 Å². The number of hydrogen-bond donors (Lipinski definition) is 1. The van der Waals surface area contributed by atoms with Crippen molar-refractivity contribution < 1.29 is 13.2 Å². The Kier molecular flexibility index (Phi) is 5.57. The van der Waals surface area contributed by atoms with Crippen LogP contribution in [0.15, 0.2) is 41.3 Å². The van der Waals surface area contributed by atoms with Gasteiger partial charge >= 0.3 is 0 Å². The first-order valence-corrected chi connectivity index (χ1v) is 9.11. The maximum Gasteiger partial charge on any atom is 0.242 e. The number of rotatable bonds is 5. The quantitative estimate of drug-likeness (QED) is 0.847. The maximum absolute atomic E-state index is 12.6. The number of hydrogen-bond acceptors (Lipinski definition) is 3. The molecule has 4 nitrogen and oxygen atoms in total. The van der Waals surface area contributed by atoms with Gasteiger partial charge in [-0.05, 0) is 31.5 Å². The van der Waals surface area contributed by atoms with Crippen molar-refractivity contribution in [3.8, 4) is 5.75 Å². The summed E-state index contributed by atoms with van der Waals surface area (Å²) in [6.45, 7) is 3.74. The summed E-state index contributed by atoms with van der Waals surface area (Å²) >= 11 is 12.1. The topological polar surface area (TPSA) is 55.4 Å². The average Bonchev–Trinajstić information content (AvgIpc) is 2.49. The Labute approximate surface area is 146 Å². The molecule has 0 saturated carbocycles. The number of aryl methyl sites for hydroxylation is 1. The number of sulfonamides is 1. The molecule has 0 spiro atoms. The number of methoxy groups -OCH3 is 1. The second-order valence-electron chi connectivity index (χ2n) is 5.15. The molecule has 7 heteroatoms. The molecular formula is C16H17Cl2NO3S. The molecule has 0 amide bonds. The number of benzene rings is 2. The Morgan fingerprint density at radius 3 is 2.22 bits per heavy atom. The van der Waals surface area contributed by atoms with Crippen molar-refractivity contribution in [2.75, 3.05) is 7.11 Å². The van der Waals surface area contributed by atoms with Crippen LogP contribution in [-0.4, -0.2) is 15.5 Å². The summed E-state index contributed by atoms with van der Waals surface area (Å²) in [5, 5.41) is 0.00894. The van der Waals surface area contributed by atoms with Crippen LogP contribution >= 0.6 is 23.2 Å². The highest BCUT2D eigenvalue weighted by Crippen LogP contribution is 2.36. The Bertz CT molecular complexity index is 805. The van der Waals surface area contributed by atoms with Crippen LogP contribution in [-0.2, 0) is 10.0 Å². The van der Waals surface area contributed by atoms with E-state index in [-0.39, 0.29) is 14.9 Å². The molecule has 0 aromatic heterocycles. The minimum atomic E-state index is -3.82. The van der Waals surface area contributed by atoms with E-state index in [9.17, 15) is 8.42 Å². The highest BCUT2D eigenvalue weighted by molar-refractivity contribution is 7.89. The molecule has 1 atom stereocenters. The van der Waals surface area contributed by atoms with Gasteiger partial charge in [0.2, 0.25) is 10.0 Å². The lowest BCUT2D eigenvalue weighted by Crippen LogP contribution is -2.27. The molecule has 23 heavy (non-hydrogen) atoms. The van der Waals surface area contributed by atoms with Crippen molar-refractivity contribution in [1.29, 1.82) is 0 Å². The van der Waals surface area contributed by atoms with E-state index in [1.165, 1.54) is 19.2 Å². The van der Waals surface area contributed by atoms with E-state index in [1.807, 2.05) is 31.2 Å². The van der Waals surface area contributed by atoms with Gasteiger partial charge in [-0.25, -0.2) is 13.1 Å². The van der Waals surface area contributed by atoms with Gasteiger partial charge in [-0.2, -0.15) is 0 Å². The summed E-state index contributed by atoms with van der Waals surface area (Å²) < 4.78 is 32.7. The average molecular weight is 374 g/mol. The molecule has 0 aliphatic carbocycles. The Hall–Kier alpha value is -1.27. The minimum Gasteiger partial charge on any atom is -0.495 e. The normalized spacial score (nSPS) is 12.9. The number of ether oxygens (including phenoxy) is 1. The first kappa shape index (κ1) is 18.1. The first-order chi connectivity index (χ1) is 10.8. The van der Waals surface area contributed by atoms with Gasteiger partial charge in [0.15, 0.2) is 0 Å². The second-order valence-corrected chi connectivity index (χ2v) is 7.59. The Morgan fingerprint density at radius 1 is 1.04 bits per heavy atom. The molecule has 2 aromatic rings. The number of nitrogens with one attached hydrogen (secondary N) is 1. The van der Waals surface area contributed by atoms with E-state index in [4.69, 9.17) is 27.9 Å². The molecule has 0 fully saturated rings. The van der Waals surface area contributed by atoms with Crippen LogP contribution in [0, 0.1) is 6.92 Å². The molecule has 0 bridgehead atoms. The molecule has 0 saturated heterocycles. The Balaban J connectivity index is 2.32. The van der Waals surface area contributed by atoms with Gasteiger partial charge in [0.05, 0.1) is 12.1 Å². The monoisotopic (exact) mass is 373 g/mol. The van der Waals surface area contributed by atoms with E-state index in [2.05, 4.69) is 4.72 Å². The van der Waals surface area contributed by atoms with Crippen LogP contribution in [0.25, 0.3) is 0 Å². The van der Waals surface area contributed by atoms with Gasteiger partial charge in [-0.1, -0.05) is 53.0 Å². The molecule has 2 rings (SSSR count). The molecule has 1 N–H and O–H groups in total. The molecule has 1 unspecified atom stereocenters. The van der Waals surface area contributed by atoms with Crippen molar-refractivity contribution in [3.63, 3.8) is 0 Å². The summed E-state index contributed by atoms with van der Waals surface area (Å²) in [6.07, 6.45) is 0. The fourth-order valence-corrected chi connectivity index (χ4v) is 4.17. The lowest BCUT2D eigenvalue weighted by Gasteiger charge is -2.16. The van der Waals surface area contributed by atoms with Crippen molar-refractivity contribution in [3.05, 3.63) is 57.6 Å². The lowest BCUT2D eigenvalue weighted by atomic mass is 10.1. The third-order valence-electron chi connectivity index (χ3n) is 3.43. The predicted octanol–water partition coefficient (Wildman–Crippen LogP) is 4.35. The molecule has 0 radical (unpaired) electrons. The van der Waals surface area contributed by atoms with E-state index >= 15 is 0 Å². The Morgan fingerprint density at radius 2 is 1.65 bits per heavy atom. The van der Waals surface area contributed by atoms with Gasteiger partial charge in [0.25, 0.3) is 0 Å². The third kappa shape index (κ3) is 3.98. The fraction of sp³-hybridized carbons (Fsp3) is 0.250. The molecule has 2 aromatic carbocycles. The van der Waals surface area contributed by atoms with Crippen LogP contribution in [0.5, 0.6) is 5.75 Å². The zero-order valence-corrected chi connectivity index (χ0v) is 15.3. The van der Waals surface area contributed by atoms with Gasteiger partial charge in [-0.15, -0.1) is 0 Å². The lowest BCUT2D eigenvalue weighted by molar-refractivity contribution is 0.414. The van der Waals surface area contributed by atoms with Gasteiger partial charge in [0, 0.05) is 6.04 Å². The molecule has 0 aliphatic heterocycles. The first-order valence-electron chi connectivity index (χ1n) is 6.87.